The monoisotopic (exact) mass is 554 g/mol. The van der Waals surface area contributed by atoms with Gasteiger partial charge < -0.3 is 24.8 Å². The van der Waals surface area contributed by atoms with Gasteiger partial charge in [0.15, 0.2) is 12.2 Å². The molecule has 0 aromatic heterocycles. The molecule has 2 aromatic carbocycles. The molecule has 8 nitrogen and oxygen atoms in total. The summed E-state index contributed by atoms with van der Waals surface area (Å²) in [5.74, 6) is -1.16. The van der Waals surface area contributed by atoms with Crippen molar-refractivity contribution in [3.05, 3.63) is 58.6 Å². The Balaban J connectivity index is 1.70. The molecule has 194 valence electrons. The first-order valence-electron chi connectivity index (χ1n) is 11.1. The fourth-order valence-electron chi connectivity index (χ4n) is 3.82. The number of nitrogens with zero attached hydrogens (tertiary/aromatic N) is 1. The zero-order valence-corrected chi connectivity index (χ0v) is 22.6. The molecular weight excluding hydrogens is 527 g/mol. The molecule has 0 saturated carbocycles. The van der Waals surface area contributed by atoms with E-state index in [0.717, 1.165) is 0 Å². The van der Waals surface area contributed by atoms with Crippen LogP contribution in [0, 0.1) is 0 Å². The number of carbonyl (C=O) groups is 3. The minimum Gasteiger partial charge on any atom is -0.484 e. The van der Waals surface area contributed by atoms with Crippen LogP contribution in [-0.2, 0) is 14.4 Å². The normalized spacial score (nSPS) is 19.0. The maximum absolute atomic E-state index is 13.2. The Labute approximate surface area is 224 Å². The second-order valence-electron chi connectivity index (χ2n) is 9.24. The van der Waals surface area contributed by atoms with E-state index in [-0.39, 0.29) is 13.2 Å². The molecule has 0 radical (unpaired) electrons. The summed E-state index contributed by atoms with van der Waals surface area (Å²) in [6.07, 6.45) is 0. The summed E-state index contributed by atoms with van der Waals surface area (Å²) in [6, 6.07) is 12.0. The lowest BCUT2D eigenvalue weighted by Gasteiger charge is -2.30. The topological polar surface area (TPSA) is 105 Å². The van der Waals surface area contributed by atoms with E-state index in [1.54, 1.807) is 76.2 Å². The lowest BCUT2D eigenvalue weighted by molar-refractivity contribution is -0.151. The van der Waals surface area contributed by atoms with Gasteiger partial charge in [0.05, 0.1) is 5.37 Å². The Kier molecular flexibility index (Phi) is 8.69. The van der Waals surface area contributed by atoms with Crippen LogP contribution in [0.4, 0.5) is 0 Å². The van der Waals surface area contributed by atoms with E-state index < -0.39 is 39.5 Å². The number of amides is 2. The summed E-state index contributed by atoms with van der Waals surface area (Å²) in [7, 11) is 0. The molecule has 2 atom stereocenters. The van der Waals surface area contributed by atoms with Crippen LogP contribution in [0.1, 0.15) is 27.7 Å². The highest BCUT2D eigenvalue weighted by molar-refractivity contribution is 8.01. The molecule has 2 N–H and O–H groups in total. The predicted molar refractivity (Wildman–Crippen MR) is 140 cm³/mol. The molecule has 1 aliphatic rings. The maximum atomic E-state index is 13.2. The Bertz CT molecular complexity index is 1110. The van der Waals surface area contributed by atoms with E-state index in [1.165, 1.54) is 16.7 Å². The van der Waals surface area contributed by atoms with Gasteiger partial charge in [-0.15, -0.1) is 11.8 Å². The largest absolute Gasteiger partial charge is 0.484 e. The predicted octanol–water partition coefficient (Wildman–Crippen LogP) is 4.48. The number of carboxylic acid groups (broad SMARTS) is 1. The van der Waals surface area contributed by atoms with E-state index in [1.807, 2.05) is 0 Å². The highest BCUT2D eigenvalue weighted by atomic mass is 35.5. The number of halogens is 2. The third-order valence-corrected chi connectivity index (χ3v) is 7.56. The lowest BCUT2D eigenvalue weighted by atomic mass is 10.0. The number of aliphatic carboxylic acids is 1. The van der Waals surface area contributed by atoms with E-state index in [4.69, 9.17) is 32.7 Å². The molecule has 3 rings (SSSR count). The number of nitrogens with one attached hydrogen (secondary N) is 1. The van der Waals surface area contributed by atoms with Crippen molar-refractivity contribution in [2.24, 2.45) is 0 Å². The molecule has 36 heavy (non-hydrogen) atoms. The van der Waals surface area contributed by atoms with E-state index in [9.17, 15) is 19.5 Å². The SMILES string of the molecule is CC(C)(Oc1ccc(Cl)cc1)C(=O)NCC1SC(C)(C)C(C(=O)O)N1C(=O)COc1ccc(Cl)cc1. The van der Waals surface area contributed by atoms with E-state index in [0.29, 0.717) is 21.5 Å². The Morgan fingerprint density at radius 1 is 1.03 bits per heavy atom. The number of carboxylic acids is 1. The van der Waals surface area contributed by atoms with Crippen molar-refractivity contribution in [2.75, 3.05) is 13.2 Å². The molecule has 2 amide bonds. The van der Waals surface area contributed by atoms with Crippen LogP contribution in [0.2, 0.25) is 10.0 Å². The van der Waals surface area contributed by atoms with Gasteiger partial charge in [-0.2, -0.15) is 0 Å². The molecule has 1 fully saturated rings. The van der Waals surface area contributed by atoms with Gasteiger partial charge in [0.2, 0.25) is 0 Å². The third-order valence-electron chi connectivity index (χ3n) is 5.56. The second-order valence-corrected chi connectivity index (χ2v) is 11.9. The standard InChI is InChI=1S/C25H28Cl2N2O6S/c1-24(2,35-18-11-7-16(27)8-12-18)23(33)28-13-20-29(21(22(31)32)25(3,4)36-20)19(30)14-34-17-9-5-15(26)6-10-17/h5-12,20-21H,13-14H2,1-4H3,(H,28,33)(H,31,32). The average Bonchev–Trinajstić information content (AvgIpc) is 3.08. The first-order valence-corrected chi connectivity index (χ1v) is 12.8. The van der Waals surface area contributed by atoms with Gasteiger partial charge in [-0.05, 0) is 76.2 Å². The van der Waals surface area contributed by atoms with Crippen molar-refractivity contribution in [1.29, 1.82) is 0 Å². The van der Waals surface area contributed by atoms with Crippen LogP contribution >= 0.6 is 35.0 Å². The molecular formula is C25H28Cl2N2O6S. The highest BCUT2D eigenvalue weighted by Crippen LogP contribution is 2.44. The Morgan fingerprint density at radius 2 is 1.56 bits per heavy atom. The highest BCUT2D eigenvalue weighted by Gasteiger charge is 2.53. The van der Waals surface area contributed by atoms with Crippen LogP contribution in [0.3, 0.4) is 0 Å². The van der Waals surface area contributed by atoms with Crippen LogP contribution in [0.15, 0.2) is 48.5 Å². The summed E-state index contributed by atoms with van der Waals surface area (Å²) < 4.78 is 10.6. The molecule has 11 heteroatoms. The van der Waals surface area contributed by atoms with Crippen LogP contribution in [-0.4, -0.2) is 62.7 Å². The third kappa shape index (κ3) is 6.78. The van der Waals surface area contributed by atoms with Crippen molar-refractivity contribution < 1.29 is 29.0 Å². The Hall–Kier alpha value is -2.62. The van der Waals surface area contributed by atoms with Gasteiger partial charge in [-0.1, -0.05) is 23.2 Å². The van der Waals surface area contributed by atoms with Crippen molar-refractivity contribution in [2.45, 2.75) is 49.5 Å². The van der Waals surface area contributed by atoms with Crippen molar-refractivity contribution in [3.63, 3.8) is 0 Å². The summed E-state index contributed by atoms with van der Waals surface area (Å²) in [5.41, 5.74) is -1.23. The maximum Gasteiger partial charge on any atom is 0.327 e. The van der Waals surface area contributed by atoms with Crippen LogP contribution in [0.25, 0.3) is 0 Å². The van der Waals surface area contributed by atoms with Gasteiger partial charge >= 0.3 is 5.97 Å². The minimum atomic E-state index is -1.23. The summed E-state index contributed by atoms with van der Waals surface area (Å²) in [5, 5.41) is 13.2. The Morgan fingerprint density at radius 3 is 2.08 bits per heavy atom. The number of hydrogen-bond acceptors (Lipinski definition) is 6. The van der Waals surface area contributed by atoms with Gasteiger partial charge in [-0.25, -0.2) is 4.79 Å². The average molecular weight is 555 g/mol. The van der Waals surface area contributed by atoms with Crippen molar-refractivity contribution in [3.8, 4) is 11.5 Å². The quantitative estimate of drug-likeness (QED) is 0.470. The van der Waals surface area contributed by atoms with Crippen molar-refractivity contribution >= 4 is 52.7 Å². The van der Waals surface area contributed by atoms with E-state index in [2.05, 4.69) is 5.32 Å². The number of thioether (sulfide) groups is 1. The van der Waals surface area contributed by atoms with Crippen LogP contribution < -0.4 is 14.8 Å². The number of hydrogen-bond donors (Lipinski definition) is 2. The smallest absolute Gasteiger partial charge is 0.327 e. The zero-order valence-electron chi connectivity index (χ0n) is 20.3. The fourth-order valence-corrected chi connectivity index (χ4v) is 5.64. The van der Waals surface area contributed by atoms with Gasteiger partial charge in [0.25, 0.3) is 11.8 Å². The summed E-state index contributed by atoms with van der Waals surface area (Å²) in [6.45, 7) is 6.41. The van der Waals surface area contributed by atoms with Crippen LogP contribution in [0.5, 0.6) is 11.5 Å². The number of carbonyl (C=O) groups excluding carboxylic acids is 2. The van der Waals surface area contributed by atoms with Gasteiger partial charge in [-0.3, -0.25) is 9.59 Å². The first-order chi connectivity index (χ1) is 16.8. The molecule has 0 bridgehead atoms. The number of ether oxygens (including phenoxy) is 2. The number of benzene rings is 2. The van der Waals surface area contributed by atoms with Crippen molar-refractivity contribution in [1.82, 2.24) is 10.2 Å². The van der Waals surface area contributed by atoms with Gasteiger partial charge in [0.1, 0.15) is 17.5 Å². The fraction of sp³-hybridized carbons (Fsp3) is 0.400. The van der Waals surface area contributed by atoms with Gasteiger partial charge in [0, 0.05) is 21.3 Å². The molecule has 2 aromatic rings. The molecule has 2 unspecified atom stereocenters. The molecule has 0 spiro atoms. The molecule has 0 aliphatic carbocycles. The second kappa shape index (κ2) is 11.2. The number of rotatable bonds is 9. The molecule has 1 heterocycles. The zero-order chi connectivity index (χ0) is 26.7. The van der Waals surface area contributed by atoms with E-state index >= 15 is 0 Å². The molecule has 1 saturated heterocycles. The molecule has 1 aliphatic heterocycles. The first kappa shape index (κ1) is 28.0. The lowest BCUT2D eigenvalue weighted by Crippen LogP contribution is -2.55. The summed E-state index contributed by atoms with van der Waals surface area (Å²) in [4.78, 5) is 39.5. The minimum absolute atomic E-state index is 0.0246. The summed E-state index contributed by atoms with van der Waals surface area (Å²) >= 11 is 13.1.